The first kappa shape index (κ1) is 36.9. The second-order valence-electron chi connectivity index (χ2n) is 12.3. The Hall–Kier alpha value is -3.97. The molecule has 3 aromatic rings. The average Bonchev–Trinajstić information content (AvgIpc) is 3.09. The summed E-state index contributed by atoms with van der Waals surface area (Å²) in [6.07, 6.45) is 1.45. The first-order chi connectivity index (χ1) is 22.9. The highest BCUT2D eigenvalue weighted by Gasteiger charge is 2.32. The van der Waals surface area contributed by atoms with Crippen LogP contribution in [0.15, 0.2) is 77.7 Å². The van der Waals surface area contributed by atoms with E-state index in [0.717, 1.165) is 12.8 Å². The molecule has 2 amide bonds. The van der Waals surface area contributed by atoms with Gasteiger partial charge in [-0.3, -0.25) is 9.59 Å². The Labute approximate surface area is 283 Å². The highest BCUT2D eigenvalue weighted by Crippen LogP contribution is 2.29. The molecular weight excluding hydrogens is 634 g/mol. The van der Waals surface area contributed by atoms with Gasteiger partial charge in [-0.25, -0.2) is 8.42 Å². The second-order valence-corrected chi connectivity index (χ2v) is 14.3. The largest absolute Gasteiger partial charge is 0.497 e. The molecule has 0 saturated heterocycles. The van der Waals surface area contributed by atoms with Crippen LogP contribution in [0, 0.1) is 5.92 Å². The smallest absolute Gasteiger partial charge is 0.258 e. The number of sulfonamides is 1. The number of nitrogens with zero attached hydrogens (tertiary/aromatic N) is 2. The third-order valence-corrected chi connectivity index (χ3v) is 10.4. The minimum atomic E-state index is -3.85. The molecule has 4 rings (SSSR count). The number of aliphatic hydroxyl groups excluding tert-OH is 1. The minimum Gasteiger partial charge on any atom is -0.497 e. The number of hydrogen-bond acceptors (Lipinski definition) is 8. The van der Waals surface area contributed by atoms with Crippen molar-refractivity contribution in [2.75, 3.05) is 45.8 Å². The molecule has 0 aromatic heterocycles. The number of rotatable bonds is 9. The summed E-state index contributed by atoms with van der Waals surface area (Å²) in [5.74, 6) is -0.112. The van der Waals surface area contributed by atoms with Gasteiger partial charge in [-0.05, 0) is 87.7 Å². The molecule has 0 saturated carbocycles. The molecular formula is C36H47N3O8S. The van der Waals surface area contributed by atoms with Crippen molar-refractivity contribution in [2.45, 2.75) is 63.2 Å². The molecule has 260 valence electrons. The van der Waals surface area contributed by atoms with Crippen molar-refractivity contribution in [3.8, 4) is 11.5 Å². The van der Waals surface area contributed by atoms with Crippen LogP contribution in [-0.2, 0) is 14.8 Å². The Morgan fingerprint density at radius 2 is 1.79 bits per heavy atom. The van der Waals surface area contributed by atoms with E-state index in [1.54, 1.807) is 66.4 Å². The van der Waals surface area contributed by atoms with Crippen LogP contribution in [-0.4, -0.2) is 93.3 Å². The lowest BCUT2D eigenvalue weighted by atomic mass is 10.0. The number of hydrogen-bond donors (Lipinski definition) is 2. The standard InChI is InChI=1S/C36H47N3O8S/c1-25-22-39(26(2)24-40)36(42)32-21-29(37-35(41)28-12-7-6-8-13-28)14-19-33(32)47-27(3)11-9-10-20-46-34(25)23-38(4)48(43,44)31-17-15-30(45-5)16-18-31/h6-8,12-19,21,25-27,34,40H,9-11,20,22-24H2,1-5H3,(H,37,41)/t25-,26+,27-,34+/m1/s1. The molecule has 0 spiro atoms. The van der Waals surface area contributed by atoms with Gasteiger partial charge in [-0.2, -0.15) is 4.31 Å². The number of carbonyl (C=O) groups excluding carboxylic acids is 2. The van der Waals surface area contributed by atoms with Crippen LogP contribution >= 0.6 is 0 Å². The number of fused-ring (bicyclic) bond motifs is 1. The van der Waals surface area contributed by atoms with Gasteiger partial charge in [-0.15, -0.1) is 0 Å². The molecule has 48 heavy (non-hydrogen) atoms. The Bertz CT molecular complexity index is 1620. The van der Waals surface area contributed by atoms with Crippen LogP contribution < -0.4 is 14.8 Å². The molecule has 1 heterocycles. The van der Waals surface area contributed by atoms with Crippen LogP contribution in [0.3, 0.4) is 0 Å². The summed E-state index contributed by atoms with van der Waals surface area (Å²) in [6.45, 7) is 5.91. The first-order valence-corrected chi connectivity index (χ1v) is 17.7. The quantitative estimate of drug-likeness (QED) is 0.320. The topological polar surface area (TPSA) is 135 Å². The second kappa shape index (κ2) is 16.9. The van der Waals surface area contributed by atoms with Crippen molar-refractivity contribution in [1.82, 2.24) is 9.21 Å². The van der Waals surface area contributed by atoms with Crippen LogP contribution in [0.2, 0.25) is 0 Å². The monoisotopic (exact) mass is 681 g/mol. The molecule has 0 aliphatic carbocycles. The SMILES string of the molecule is COc1ccc(S(=O)(=O)N(C)C[C@@H]2OCCCC[C@@H](C)Oc3ccc(NC(=O)c4ccccc4)cc3C(=O)N([C@@H](C)CO)C[C@H]2C)cc1. The highest BCUT2D eigenvalue weighted by atomic mass is 32.2. The molecule has 2 N–H and O–H groups in total. The van der Waals surface area contributed by atoms with Crippen LogP contribution in [0.1, 0.15) is 60.7 Å². The molecule has 0 radical (unpaired) electrons. The molecule has 4 atom stereocenters. The Morgan fingerprint density at radius 1 is 1.08 bits per heavy atom. The lowest BCUT2D eigenvalue weighted by Gasteiger charge is -2.35. The molecule has 3 aromatic carbocycles. The normalized spacial score (nSPS) is 20.3. The predicted octanol–water partition coefficient (Wildman–Crippen LogP) is 5.06. The van der Waals surface area contributed by atoms with Crippen molar-refractivity contribution in [2.24, 2.45) is 5.92 Å². The van der Waals surface area contributed by atoms with Gasteiger partial charge in [0.1, 0.15) is 11.5 Å². The van der Waals surface area contributed by atoms with E-state index in [1.165, 1.54) is 30.6 Å². The third-order valence-electron chi connectivity index (χ3n) is 8.55. The van der Waals surface area contributed by atoms with Crippen molar-refractivity contribution in [3.05, 3.63) is 83.9 Å². The van der Waals surface area contributed by atoms with Crippen LogP contribution in [0.4, 0.5) is 5.69 Å². The summed E-state index contributed by atoms with van der Waals surface area (Å²) < 4.78 is 46.1. The number of likely N-dealkylation sites (N-methyl/N-ethyl adjacent to an activating group) is 1. The van der Waals surface area contributed by atoms with Crippen molar-refractivity contribution >= 4 is 27.5 Å². The summed E-state index contributed by atoms with van der Waals surface area (Å²) in [6, 6.07) is 19.4. The Balaban J connectivity index is 1.64. The lowest BCUT2D eigenvalue weighted by molar-refractivity contribution is -0.00834. The summed E-state index contributed by atoms with van der Waals surface area (Å²) in [5.41, 5.74) is 1.14. The summed E-state index contributed by atoms with van der Waals surface area (Å²) >= 11 is 0. The summed E-state index contributed by atoms with van der Waals surface area (Å²) in [5, 5.41) is 13.1. The van der Waals surface area contributed by atoms with Crippen molar-refractivity contribution in [1.29, 1.82) is 0 Å². The fraction of sp³-hybridized carbons (Fsp3) is 0.444. The minimum absolute atomic E-state index is 0.0524. The van der Waals surface area contributed by atoms with E-state index in [9.17, 15) is 23.1 Å². The van der Waals surface area contributed by atoms with Crippen LogP contribution in [0.5, 0.6) is 11.5 Å². The lowest BCUT2D eigenvalue weighted by Crippen LogP contribution is -2.48. The Morgan fingerprint density at radius 3 is 2.46 bits per heavy atom. The number of anilines is 1. The Kier molecular flexibility index (Phi) is 13.0. The van der Waals surface area contributed by atoms with Gasteiger partial charge in [0.15, 0.2) is 0 Å². The number of nitrogens with one attached hydrogen (secondary N) is 1. The maximum atomic E-state index is 14.4. The molecule has 0 bridgehead atoms. The molecule has 0 unspecified atom stereocenters. The maximum absolute atomic E-state index is 14.4. The molecule has 0 fully saturated rings. The molecule has 1 aliphatic heterocycles. The fourth-order valence-corrected chi connectivity index (χ4v) is 6.72. The number of methoxy groups -OCH3 is 1. The number of ether oxygens (including phenoxy) is 3. The maximum Gasteiger partial charge on any atom is 0.258 e. The van der Waals surface area contributed by atoms with Gasteiger partial charge in [0.2, 0.25) is 10.0 Å². The molecule has 12 heteroatoms. The first-order valence-electron chi connectivity index (χ1n) is 16.3. The van der Waals surface area contributed by atoms with Gasteiger partial charge in [0.05, 0.1) is 42.4 Å². The molecule has 11 nitrogen and oxygen atoms in total. The number of aliphatic hydroxyl groups is 1. The van der Waals surface area contributed by atoms with Crippen molar-refractivity contribution in [3.63, 3.8) is 0 Å². The van der Waals surface area contributed by atoms with E-state index in [4.69, 9.17) is 14.2 Å². The zero-order chi connectivity index (χ0) is 34.8. The zero-order valence-corrected chi connectivity index (χ0v) is 29.1. The van der Waals surface area contributed by atoms with E-state index in [2.05, 4.69) is 5.32 Å². The van der Waals surface area contributed by atoms with Gasteiger partial charge in [0, 0.05) is 43.9 Å². The molecule has 1 aliphatic rings. The van der Waals surface area contributed by atoms with E-state index < -0.39 is 28.1 Å². The summed E-state index contributed by atoms with van der Waals surface area (Å²) in [4.78, 5) is 29.0. The zero-order valence-electron chi connectivity index (χ0n) is 28.3. The van der Waals surface area contributed by atoms with E-state index >= 15 is 0 Å². The number of benzene rings is 3. The van der Waals surface area contributed by atoms with Gasteiger partial charge >= 0.3 is 0 Å². The predicted molar refractivity (Wildman–Crippen MR) is 184 cm³/mol. The number of amides is 2. The van der Waals surface area contributed by atoms with Gasteiger partial charge < -0.3 is 29.5 Å². The van der Waals surface area contributed by atoms with E-state index in [-0.39, 0.29) is 48.1 Å². The number of carbonyl (C=O) groups is 2. The van der Waals surface area contributed by atoms with E-state index in [1.807, 2.05) is 19.9 Å². The fourth-order valence-electron chi connectivity index (χ4n) is 5.53. The highest BCUT2D eigenvalue weighted by molar-refractivity contribution is 7.89. The van der Waals surface area contributed by atoms with E-state index in [0.29, 0.717) is 35.8 Å². The van der Waals surface area contributed by atoms with Crippen LogP contribution in [0.25, 0.3) is 0 Å². The van der Waals surface area contributed by atoms with Gasteiger partial charge in [0.25, 0.3) is 11.8 Å². The van der Waals surface area contributed by atoms with Gasteiger partial charge in [-0.1, -0.05) is 25.1 Å². The summed E-state index contributed by atoms with van der Waals surface area (Å²) in [7, 11) is -0.818. The average molecular weight is 682 g/mol. The third kappa shape index (κ3) is 9.34. The van der Waals surface area contributed by atoms with Crippen molar-refractivity contribution < 1.29 is 37.3 Å².